The molecule has 2 aromatic carbocycles. The Hall–Kier alpha value is -5.77. The molecule has 3 aliphatic heterocycles. The van der Waals surface area contributed by atoms with Crippen LogP contribution in [0.1, 0.15) is 70.0 Å². The molecule has 9 atom stereocenters. The van der Waals surface area contributed by atoms with E-state index in [1.807, 2.05) is 0 Å². The SMILES string of the molecule is CO[C@H]1/C=C/O[C@@]2(C)Oc3c(C)c(O)c4c(O)c(c(/C=N/c5ccccn5)c(O)c4c3C2=O)NC(=O)/C(C)=C\C=C\[C@@H](C)[C@H](O)[C@@H](C)[C@H](O)[C@@H](C)[C@H](OC(C)=O)[C@@H]1C. The number of carbonyl (C=O) groups is 3. The van der Waals surface area contributed by atoms with Gasteiger partial charge in [-0.3, -0.25) is 14.4 Å². The summed E-state index contributed by atoms with van der Waals surface area (Å²) < 4.78 is 23.5. The van der Waals surface area contributed by atoms with E-state index in [4.69, 9.17) is 18.9 Å². The minimum atomic E-state index is -2.06. The minimum absolute atomic E-state index is 0.0338. The Morgan fingerprint density at radius 2 is 1.67 bits per heavy atom. The summed E-state index contributed by atoms with van der Waals surface area (Å²) in [5, 5.41) is 60.2. The molecule has 0 fully saturated rings. The second kappa shape index (κ2) is 17.4. The van der Waals surface area contributed by atoms with Crippen LogP contribution in [0.2, 0.25) is 0 Å². The van der Waals surface area contributed by atoms with E-state index in [2.05, 4.69) is 15.3 Å². The maximum atomic E-state index is 14.4. The number of fused-ring (bicyclic) bond motifs is 14. The lowest BCUT2D eigenvalue weighted by molar-refractivity contribution is -0.160. The third-order valence-corrected chi connectivity index (χ3v) is 11.0. The van der Waals surface area contributed by atoms with Crippen LogP contribution in [0, 0.1) is 30.6 Å². The molecule has 0 saturated carbocycles. The number of rotatable bonds is 4. The fourth-order valence-electron chi connectivity index (χ4n) is 7.43. The quantitative estimate of drug-likeness (QED) is 0.0783. The number of allylic oxidation sites excluding steroid dienone is 2. The lowest BCUT2D eigenvalue weighted by Crippen LogP contribution is -2.46. The number of aliphatic imine (C=N–C) groups is 1. The van der Waals surface area contributed by atoms with Gasteiger partial charge in [0.15, 0.2) is 11.6 Å². The first-order chi connectivity index (χ1) is 27.3. The summed E-state index contributed by atoms with van der Waals surface area (Å²) in [7, 11) is 1.43. The number of aromatic nitrogens is 1. The molecule has 0 aliphatic carbocycles. The number of phenols is 3. The van der Waals surface area contributed by atoms with E-state index in [0.717, 1.165) is 6.21 Å². The molecule has 0 spiro atoms. The van der Waals surface area contributed by atoms with Gasteiger partial charge in [0.1, 0.15) is 23.4 Å². The second-order valence-corrected chi connectivity index (χ2v) is 15.1. The number of aliphatic hydroxyl groups excluding tert-OH is 2. The Bertz CT molecular complexity index is 2200. The smallest absolute Gasteiger partial charge is 0.312 e. The first-order valence-corrected chi connectivity index (χ1v) is 18.9. The van der Waals surface area contributed by atoms with Gasteiger partial charge < -0.3 is 49.8 Å². The zero-order valence-corrected chi connectivity index (χ0v) is 33.9. The van der Waals surface area contributed by atoms with Gasteiger partial charge in [0, 0.05) is 73.6 Å². The Kier molecular flexibility index (Phi) is 13.0. The van der Waals surface area contributed by atoms with Crippen LogP contribution in [0.4, 0.5) is 11.5 Å². The number of benzene rings is 2. The van der Waals surface area contributed by atoms with E-state index in [1.165, 1.54) is 59.4 Å². The van der Waals surface area contributed by atoms with Crippen LogP contribution in [-0.2, 0) is 23.8 Å². The van der Waals surface area contributed by atoms with Gasteiger partial charge in [-0.2, -0.15) is 0 Å². The number of hydrogen-bond donors (Lipinski definition) is 6. The maximum Gasteiger partial charge on any atom is 0.312 e. The summed E-state index contributed by atoms with van der Waals surface area (Å²) in [5.41, 5.74) is -0.574. The first-order valence-electron chi connectivity index (χ1n) is 18.9. The number of esters is 1. The van der Waals surface area contributed by atoms with Crippen molar-refractivity contribution in [3.8, 4) is 23.0 Å². The fourth-order valence-corrected chi connectivity index (χ4v) is 7.43. The van der Waals surface area contributed by atoms with Crippen molar-refractivity contribution in [2.45, 2.75) is 85.6 Å². The van der Waals surface area contributed by atoms with E-state index < -0.39 is 88.8 Å². The number of anilines is 1. The van der Waals surface area contributed by atoms with E-state index in [1.54, 1.807) is 58.0 Å². The number of methoxy groups -OCH3 is 1. The number of carbonyl (C=O) groups excluding carboxylic acids is 3. The topological polar surface area (TPSA) is 227 Å². The Morgan fingerprint density at radius 1 is 0.966 bits per heavy atom. The highest BCUT2D eigenvalue weighted by atomic mass is 16.7. The molecule has 0 saturated heterocycles. The summed E-state index contributed by atoms with van der Waals surface area (Å²) in [6, 6.07) is 4.95. The number of nitrogens with one attached hydrogen (secondary N) is 1. The average molecular weight is 802 g/mol. The standard InChI is InChI=1S/C43H51N3O12/c1-20-13-12-14-21(2)42(54)46-33-27(19-45-29-15-10-11-17-44-29)37(51)30-31(38(33)52)36(50)25(6)40-32(30)41(53)43(8,58-40)56-18-16-28(55-9)22(3)39(57-26(7)47)24(5)35(49)23(4)34(20)48/h10-20,22-24,28,34-35,39,48-52H,1-9H3,(H,46,54)/b13-12+,18-16+,21-14-,45-19+/t20-,22-,23-,24-,28+,34+,35+,39-,43+/m1/s1. The Morgan fingerprint density at radius 3 is 2.31 bits per heavy atom. The highest BCUT2D eigenvalue weighted by molar-refractivity contribution is 6.24. The third kappa shape index (κ3) is 8.28. The van der Waals surface area contributed by atoms with Crippen molar-refractivity contribution < 1.29 is 58.9 Å². The van der Waals surface area contributed by atoms with Crippen molar-refractivity contribution in [2.24, 2.45) is 28.7 Å². The number of ketones is 1. The van der Waals surface area contributed by atoms with Gasteiger partial charge in [-0.25, -0.2) is 9.98 Å². The van der Waals surface area contributed by atoms with Crippen LogP contribution in [-0.4, -0.2) is 91.7 Å². The number of phenolic OH excluding ortho intramolecular Hbond substituents is 3. The van der Waals surface area contributed by atoms with Crippen LogP contribution < -0.4 is 10.1 Å². The summed E-state index contributed by atoms with van der Waals surface area (Å²) in [5.74, 6) is -8.40. The van der Waals surface area contributed by atoms with Crippen molar-refractivity contribution in [2.75, 3.05) is 12.4 Å². The van der Waals surface area contributed by atoms with Gasteiger partial charge in [-0.15, -0.1) is 0 Å². The predicted molar refractivity (Wildman–Crippen MR) is 215 cm³/mol. The van der Waals surface area contributed by atoms with Gasteiger partial charge in [0.2, 0.25) is 0 Å². The molecule has 3 aromatic rings. The lowest BCUT2D eigenvalue weighted by atomic mass is 9.78. The fraction of sp³-hybridized carbons (Fsp3) is 0.419. The molecule has 1 amide bonds. The summed E-state index contributed by atoms with van der Waals surface area (Å²) in [6.45, 7) is 12.4. The molecule has 15 nitrogen and oxygen atoms in total. The number of Topliss-reactive ketones (excluding diaryl/α,β-unsaturated/α-hetero) is 1. The maximum absolute atomic E-state index is 14.4. The molecule has 15 heteroatoms. The number of pyridine rings is 1. The van der Waals surface area contributed by atoms with Crippen LogP contribution in [0.3, 0.4) is 0 Å². The van der Waals surface area contributed by atoms with Crippen molar-refractivity contribution >= 4 is 46.2 Å². The van der Waals surface area contributed by atoms with Crippen LogP contribution in [0.5, 0.6) is 23.0 Å². The molecule has 4 heterocycles. The van der Waals surface area contributed by atoms with Gasteiger partial charge in [-0.1, -0.05) is 52.0 Å². The van der Waals surface area contributed by atoms with Gasteiger partial charge in [0.05, 0.1) is 46.8 Å². The highest BCUT2D eigenvalue weighted by Gasteiger charge is 2.50. The largest absolute Gasteiger partial charge is 0.507 e. The molecule has 1 aromatic heterocycles. The molecule has 5 bridgehead atoms. The zero-order valence-electron chi connectivity index (χ0n) is 33.9. The van der Waals surface area contributed by atoms with Crippen molar-refractivity contribution in [3.05, 3.63) is 77.2 Å². The number of ether oxygens (including phenoxy) is 4. The molecular formula is C43H51N3O12. The van der Waals surface area contributed by atoms with Crippen LogP contribution in [0.25, 0.3) is 10.8 Å². The van der Waals surface area contributed by atoms with Crippen LogP contribution >= 0.6 is 0 Å². The predicted octanol–water partition coefficient (Wildman–Crippen LogP) is 5.90. The van der Waals surface area contributed by atoms with Gasteiger partial charge >= 0.3 is 11.8 Å². The summed E-state index contributed by atoms with van der Waals surface area (Å²) in [4.78, 5) is 48.8. The number of hydrogen-bond acceptors (Lipinski definition) is 14. The minimum Gasteiger partial charge on any atom is -0.507 e. The molecule has 3 aliphatic rings. The number of aliphatic hydroxyl groups is 2. The number of aromatic hydroxyl groups is 3. The average Bonchev–Trinajstić information content (AvgIpc) is 3.46. The summed E-state index contributed by atoms with van der Waals surface area (Å²) in [6.07, 6.45) is 6.10. The van der Waals surface area contributed by atoms with Crippen LogP contribution in [0.15, 0.2) is 65.5 Å². The van der Waals surface area contributed by atoms with Gasteiger partial charge in [-0.05, 0) is 32.1 Å². The number of nitrogens with zero attached hydrogens (tertiary/aromatic N) is 2. The zero-order chi connectivity index (χ0) is 42.8. The van der Waals surface area contributed by atoms with Crippen molar-refractivity contribution in [1.82, 2.24) is 4.98 Å². The molecule has 310 valence electrons. The molecule has 6 rings (SSSR count). The van der Waals surface area contributed by atoms with E-state index in [-0.39, 0.29) is 50.3 Å². The van der Waals surface area contributed by atoms with Crippen molar-refractivity contribution in [1.29, 1.82) is 0 Å². The molecular weight excluding hydrogens is 750 g/mol. The molecule has 6 N–H and O–H groups in total. The normalized spacial score (nSPS) is 30.4. The first kappa shape index (κ1) is 43.4. The number of amides is 1. The lowest BCUT2D eigenvalue weighted by Gasteiger charge is -2.38. The molecule has 0 unspecified atom stereocenters. The Labute approximate surface area is 336 Å². The van der Waals surface area contributed by atoms with E-state index in [9.17, 15) is 39.9 Å². The van der Waals surface area contributed by atoms with E-state index in [0.29, 0.717) is 0 Å². The molecule has 58 heavy (non-hydrogen) atoms. The third-order valence-electron chi connectivity index (χ3n) is 11.0. The monoisotopic (exact) mass is 801 g/mol. The highest BCUT2D eigenvalue weighted by Crippen LogP contribution is 2.55. The summed E-state index contributed by atoms with van der Waals surface area (Å²) >= 11 is 0. The van der Waals surface area contributed by atoms with Gasteiger partial charge in [0.25, 0.3) is 11.7 Å². The molecule has 0 radical (unpaired) electrons. The second-order valence-electron chi connectivity index (χ2n) is 15.1. The van der Waals surface area contributed by atoms with Crippen molar-refractivity contribution in [3.63, 3.8) is 0 Å². The van der Waals surface area contributed by atoms with E-state index >= 15 is 0 Å². The Balaban J connectivity index is 1.73.